The van der Waals surface area contributed by atoms with Gasteiger partial charge in [0.15, 0.2) is 70.2 Å². The number of methoxy groups -OCH3 is 1. The molecule has 0 radical (unpaired) electrons. The minimum absolute atomic E-state index is 0.00202. The van der Waals surface area contributed by atoms with Crippen molar-refractivity contribution in [2.45, 2.75) is 188 Å². The number of carbonyl (C=O) groups excluding carboxylic acids is 5. The molecule has 5 N–H and O–H groups in total. The van der Waals surface area contributed by atoms with Crippen LogP contribution in [-0.4, -0.2) is 178 Å². The Morgan fingerprint density at radius 3 is 1.85 bits per heavy atom. The number of nitrogens with one attached hydrogen (secondary N) is 2. The Kier molecular flexibility index (Phi) is 18.1. The molecule has 88 heavy (non-hydrogen) atoms. The van der Waals surface area contributed by atoms with Crippen LogP contribution in [0.4, 0.5) is 18.9 Å². The maximum Gasteiger partial charge on any atom is 0.416 e. The van der Waals surface area contributed by atoms with Crippen LogP contribution < -0.4 is 24.8 Å². The molecule has 5 aliphatic carbocycles. The number of nitrogens with zero attached hydrogens (tertiary/aromatic N) is 3. The van der Waals surface area contributed by atoms with E-state index in [1.54, 1.807) is 32.0 Å². The molecule has 476 valence electrons. The Labute approximate surface area is 515 Å². The number of phenols is 1. The Hall–Kier alpha value is -6.47. The third kappa shape index (κ3) is 11.1. The largest absolute Gasteiger partial charge is 0.504 e. The van der Waals surface area contributed by atoms with E-state index in [2.05, 4.69) is 48.0 Å². The number of benzene rings is 3. The molecule has 13 rings (SSSR count). The number of likely N-dealkylation sites (N-methyl/N-ethyl adjacent to an activating group) is 1. The standard InChI is InChI=1S/C23H27NO6.C19H21NO4.C17H24F3N3S.C6H8O4/c1-4-10-24-11-9-22-18-14-5-6-16(29-21(26)13(2)28-3)19(18)30-20(22)15(25)7-8-23(22,27)17(24)12-14;1-2-8-20-9-7-18-15-11-3-4-12(21)16(15)24-17(18)13(22)5-6-19(18,23)14(20)10-11;1-11-8-12(17(18,19)20)10-13(9-11)21-16(24)22-14-6-4-5-7-15(14)23(2)3;1-3-5(7)10-4(2)6(8)9-3/h4-6,13,17,20,27H,1,7-12H2,2-3H3;2-4,14,17,21,23H,1,5-10H2;8-10,14-15H,4-7H2,1-3H3,(H2,21,22,24);3-4H,1-2H3/t13?,17-,20+,22+,23-;14-,17+,18+,19-;14-,15-;3-,4-/m1110/s1. The minimum atomic E-state index is -4.36. The summed E-state index contributed by atoms with van der Waals surface area (Å²) in [5.74, 6) is -0.241. The van der Waals surface area contributed by atoms with E-state index >= 15 is 0 Å². The average molecular weight is 1240 g/mol. The summed E-state index contributed by atoms with van der Waals surface area (Å²) in [6.45, 7) is 16.9. The molecule has 5 aliphatic heterocycles. The summed E-state index contributed by atoms with van der Waals surface area (Å²) in [5, 5.41) is 40.7. The lowest BCUT2D eigenvalue weighted by Gasteiger charge is -2.62. The SMILES string of the molecule is C=CCN1CC[C@]23c4c5ccc(O)c4O[C@H]2C(=O)CC[C@@]3(O)[C@H]1C5.C=CCN1CC[C@]23c4c5ccc(OC(=O)C(C)OC)c4O[C@H]2C(=O)CC[C@@]3(O)[C@H]1C5.C[C@@H]1OC(=O)[C@H](C)OC1=O.Cc1cc(NC(=S)N[C@@H]2CCCC[C@H]2N(C)C)cc(C(F)(F)F)c1. The number of carbonyl (C=O) groups is 5. The van der Waals surface area contributed by atoms with E-state index < -0.39 is 82.2 Å². The highest BCUT2D eigenvalue weighted by Gasteiger charge is 2.74. The summed E-state index contributed by atoms with van der Waals surface area (Å²) in [5.41, 5.74) is 0.508. The van der Waals surface area contributed by atoms with Gasteiger partial charge in [0, 0.05) is 87.1 Å². The first-order chi connectivity index (χ1) is 41.7. The average Bonchev–Trinajstić information content (AvgIpc) is 1.39. The van der Waals surface area contributed by atoms with Gasteiger partial charge in [-0.2, -0.15) is 13.2 Å². The van der Waals surface area contributed by atoms with Crippen LogP contribution in [0.5, 0.6) is 23.0 Å². The first kappa shape index (κ1) is 64.5. The topological polar surface area (TPSA) is 235 Å². The predicted molar refractivity (Wildman–Crippen MR) is 321 cm³/mol. The molecule has 1 unspecified atom stereocenters. The van der Waals surface area contributed by atoms with Crippen molar-refractivity contribution < 1.29 is 80.9 Å². The molecule has 5 heterocycles. The first-order valence-electron chi connectivity index (χ1n) is 30.3. The van der Waals surface area contributed by atoms with Crippen LogP contribution in [0.3, 0.4) is 0 Å². The molecule has 0 amide bonds. The molecule has 13 atom stereocenters. The highest BCUT2D eigenvalue weighted by molar-refractivity contribution is 7.80. The number of cyclic esters (lactones) is 2. The molecule has 6 fully saturated rings. The van der Waals surface area contributed by atoms with Crippen LogP contribution >= 0.6 is 12.2 Å². The lowest BCUT2D eigenvalue weighted by molar-refractivity contribution is -0.191. The molecule has 3 saturated heterocycles. The third-order valence-electron chi connectivity index (χ3n) is 20.0. The van der Waals surface area contributed by atoms with Gasteiger partial charge in [-0.25, -0.2) is 14.4 Å². The van der Waals surface area contributed by atoms with Crippen molar-refractivity contribution in [3.05, 3.63) is 101 Å². The lowest BCUT2D eigenvalue weighted by Crippen LogP contribution is -2.76. The van der Waals surface area contributed by atoms with Crippen LogP contribution in [0.25, 0.3) is 0 Å². The van der Waals surface area contributed by atoms with Crippen molar-refractivity contribution in [1.82, 2.24) is 20.0 Å². The van der Waals surface area contributed by atoms with E-state index in [0.717, 1.165) is 73.3 Å². The fourth-order valence-electron chi connectivity index (χ4n) is 15.8. The monoisotopic (exact) mass is 1240 g/mol. The molecule has 3 aromatic carbocycles. The number of hydrogen-bond donors (Lipinski definition) is 5. The second kappa shape index (κ2) is 24.7. The summed E-state index contributed by atoms with van der Waals surface area (Å²) >= 11 is 5.31. The van der Waals surface area contributed by atoms with Gasteiger partial charge < -0.3 is 59.3 Å². The highest BCUT2D eigenvalue weighted by atomic mass is 32.1. The predicted octanol–water partition coefficient (Wildman–Crippen LogP) is 6.87. The highest BCUT2D eigenvalue weighted by Crippen LogP contribution is 2.66. The number of aliphatic hydroxyl groups is 2. The van der Waals surface area contributed by atoms with Crippen LogP contribution in [0.2, 0.25) is 0 Å². The number of piperidine rings is 2. The van der Waals surface area contributed by atoms with Gasteiger partial charge in [-0.05, 0) is 152 Å². The number of thiocarbonyl (C=S) groups is 1. The number of ether oxygens (including phenoxy) is 6. The molecular formula is C65H80F3N5O14S. The van der Waals surface area contributed by atoms with Crippen LogP contribution in [0.1, 0.15) is 118 Å². The summed E-state index contributed by atoms with van der Waals surface area (Å²) in [6.07, 6.45) is 4.24. The van der Waals surface area contributed by atoms with E-state index in [1.165, 1.54) is 27.4 Å². The van der Waals surface area contributed by atoms with Gasteiger partial charge in [0.05, 0.1) is 27.6 Å². The van der Waals surface area contributed by atoms with Crippen molar-refractivity contribution in [1.29, 1.82) is 0 Å². The first-order valence-corrected chi connectivity index (χ1v) is 30.7. The molecular weight excluding hydrogens is 1160 g/mol. The Morgan fingerprint density at radius 2 is 1.33 bits per heavy atom. The Balaban J connectivity index is 0.000000136. The van der Waals surface area contributed by atoms with Gasteiger partial charge in [0.1, 0.15) is 0 Å². The summed E-state index contributed by atoms with van der Waals surface area (Å²) in [6, 6.07) is 11.5. The number of phenolic OH excluding ortho intramolecular Hbond substituents is 1. The number of likely N-dealkylation sites (tertiary alicyclic amines) is 2. The number of anilines is 1. The fourth-order valence-corrected chi connectivity index (χ4v) is 16.1. The fraction of sp³-hybridized carbons (Fsp3) is 0.569. The molecule has 19 nitrogen and oxygen atoms in total. The van der Waals surface area contributed by atoms with E-state index in [4.69, 9.17) is 31.2 Å². The Bertz CT molecular complexity index is 3270. The lowest BCUT2D eigenvalue weighted by atomic mass is 9.49. The number of alkyl halides is 3. The zero-order valence-electron chi connectivity index (χ0n) is 50.8. The van der Waals surface area contributed by atoms with Crippen LogP contribution in [0, 0.1) is 6.92 Å². The van der Waals surface area contributed by atoms with Crippen molar-refractivity contribution in [2.24, 2.45) is 0 Å². The number of hydrogen-bond acceptors (Lipinski definition) is 18. The van der Waals surface area contributed by atoms with Gasteiger partial charge in [-0.3, -0.25) is 19.4 Å². The smallest absolute Gasteiger partial charge is 0.416 e. The molecule has 23 heteroatoms. The van der Waals surface area contributed by atoms with E-state index in [-0.39, 0.29) is 47.6 Å². The van der Waals surface area contributed by atoms with Crippen LogP contribution in [0.15, 0.2) is 67.8 Å². The van der Waals surface area contributed by atoms with E-state index in [0.29, 0.717) is 85.4 Å². The normalized spacial score (nSPS) is 32.2. The quantitative estimate of drug-likeness (QED) is 0.0603. The van der Waals surface area contributed by atoms with E-state index in [9.17, 15) is 52.5 Å². The zero-order chi connectivity index (χ0) is 63.6. The zero-order valence-corrected chi connectivity index (χ0v) is 51.7. The van der Waals surface area contributed by atoms with Gasteiger partial charge in [-0.1, -0.05) is 37.1 Å². The van der Waals surface area contributed by atoms with Gasteiger partial charge >= 0.3 is 24.1 Å². The van der Waals surface area contributed by atoms with Gasteiger partial charge in [0.2, 0.25) is 0 Å². The second-order valence-electron chi connectivity index (χ2n) is 25.2. The number of rotatable bonds is 10. The molecule has 3 aromatic rings. The second-order valence-corrected chi connectivity index (χ2v) is 25.6. The van der Waals surface area contributed by atoms with E-state index in [1.807, 2.05) is 38.4 Å². The van der Waals surface area contributed by atoms with Crippen molar-refractivity contribution in [3.63, 3.8) is 0 Å². The Morgan fingerprint density at radius 1 is 0.807 bits per heavy atom. The van der Waals surface area contributed by atoms with Crippen LogP contribution in [-0.2, 0) is 68.0 Å². The summed E-state index contributed by atoms with van der Waals surface area (Å²) in [4.78, 5) is 66.0. The van der Waals surface area contributed by atoms with Crippen molar-refractivity contribution >= 4 is 52.5 Å². The molecule has 0 aromatic heterocycles. The number of esters is 3. The minimum Gasteiger partial charge on any atom is -0.504 e. The number of aryl methyl sites for hydroxylation is 1. The molecule has 4 bridgehead atoms. The van der Waals surface area contributed by atoms with Gasteiger partial charge in [0.25, 0.3) is 0 Å². The van der Waals surface area contributed by atoms with Crippen molar-refractivity contribution in [2.75, 3.05) is 52.7 Å². The molecule has 3 saturated carbocycles. The number of aromatic hydroxyl groups is 1. The maximum absolute atomic E-state index is 13.0. The number of ketones is 2. The summed E-state index contributed by atoms with van der Waals surface area (Å²) < 4.78 is 70.8. The maximum atomic E-state index is 13.0. The van der Waals surface area contributed by atoms with Gasteiger partial charge in [-0.15, -0.1) is 13.2 Å². The molecule has 10 aliphatic rings. The number of halogens is 3. The molecule has 2 spiro atoms. The third-order valence-corrected chi connectivity index (χ3v) is 20.2. The van der Waals surface area contributed by atoms with Crippen molar-refractivity contribution in [3.8, 4) is 23.0 Å². The summed E-state index contributed by atoms with van der Waals surface area (Å²) in [7, 11) is 5.52. The number of Topliss-reactive ketones (excluding diaryl/α,β-unsaturated/α-hetero) is 2.